The molecule has 0 bridgehead atoms. The number of rotatable bonds is 5. The zero-order valence-corrected chi connectivity index (χ0v) is 19.4. The number of phenols is 1. The summed E-state index contributed by atoms with van der Waals surface area (Å²) in [6.07, 6.45) is 0. The molecule has 4 nitrogen and oxygen atoms in total. The second-order valence-corrected chi connectivity index (χ2v) is 11.0. The molecule has 0 fully saturated rings. The lowest BCUT2D eigenvalue weighted by Gasteiger charge is -2.28. The number of hydrogen-bond acceptors (Lipinski definition) is 4. The van der Waals surface area contributed by atoms with E-state index < -0.39 is 11.6 Å². The van der Waals surface area contributed by atoms with Gasteiger partial charge in [-0.25, -0.2) is 4.79 Å². The molecule has 0 heterocycles. The second kappa shape index (κ2) is 7.94. The van der Waals surface area contributed by atoms with E-state index in [-0.39, 0.29) is 10.8 Å². The van der Waals surface area contributed by atoms with Gasteiger partial charge in [-0.05, 0) is 61.1 Å². The van der Waals surface area contributed by atoms with E-state index in [1.54, 1.807) is 23.9 Å². The summed E-state index contributed by atoms with van der Waals surface area (Å²) in [5.74, 6) is -0.128. The van der Waals surface area contributed by atoms with E-state index in [0.29, 0.717) is 11.5 Å². The molecule has 0 amide bonds. The normalized spacial score (nSPS) is 12.7. The monoisotopic (exact) mass is 416 g/mol. The summed E-state index contributed by atoms with van der Waals surface area (Å²) in [5.41, 5.74) is 0.210. The molecule has 0 aromatic heterocycles. The van der Waals surface area contributed by atoms with Crippen molar-refractivity contribution < 1.29 is 19.7 Å². The highest BCUT2D eigenvalue weighted by Crippen LogP contribution is 2.43. The summed E-state index contributed by atoms with van der Waals surface area (Å²) >= 11 is 1.61. The molecule has 29 heavy (non-hydrogen) atoms. The van der Waals surface area contributed by atoms with Gasteiger partial charge in [-0.15, -0.1) is 0 Å². The SMILES string of the molecule is CC(C)(Oc1ccc(Sc2cc(C(C)(C)C)c(O)c(C(C)(C)C)c2)cc1)C(=O)O. The number of aliphatic carboxylic acids is 1. The molecule has 0 saturated heterocycles. The first-order valence-electron chi connectivity index (χ1n) is 9.69. The van der Waals surface area contributed by atoms with Crippen LogP contribution in [-0.4, -0.2) is 21.8 Å². The Labute approximate surface area is 178 Å². The van der Waals surface area contributed by atoms with E-state index in [1.165, 1.54) is 13.8 Å². The average Bonchev–Trinajstić information content (AvgIpc) is 2.55. The van der Waals surface area contributed by atoms with E-state index in [4.69, 9.17) is 4.74 Å². The maximum atomic E-state index is 11.2. The number of benzene rings is 2. The first kappa shape index (κ1) is 23.1. The Balaban J connectivity index is 2.35. The van der Waals surface area contributed by atoms with Gasteiger partial charge in [0.15, 0.2) is 5.60 Å². The maximum Gasteiger partial charge on any atom is 0.347 e. The predicted molar refractivity (Wildman–Crippen MR) is 118 cm³/mol. The zero-order chi connectivity index (χ0) is 22.2. The highest BCUT2D eigenvalue weighted by molar-refractivity contribution is 7.99. The minimum atomic E-state index is -1.28. The number of aromatic hydroxyl groups is 1. The van der Waals surface area contributed by atoms with Crippen molar-refractivity contribution in [2.45, 2.75) is 81.6 Å². The highest BCUT2D eigenvalue weighted by atomic mass is 32.2. The van der Waals surface area contributed by atoms with Crippen LogP contribution in [0.15, 0.2) is 46.2 Å². The number of ether oxygens (including phenoxy) is 1. The van der Waals surface area contributed by atoms with Crippen LogP contribution in [-0.2, 0) is 15.6 Å². The van der Waals surface area contributed by atoms with E-state index in [9.17, 15) is 15.0 Å². The zero-order valence-electron chi connectivity index (χ0n) is 18.6. The number of carboxylic acid groups (broad SMARTS) is 1. The first-order valence-corrected chi connectivity index (χ1v) is 10.5. The van der Waals surface area contributed by atoms with E-state index >= 15 is 0 Å². The van der Waals surface area contributed by atoms with Crippen molar-refractivity contribution >= 4 is 17.7 Å². The predicted octanol–water partition coefficient (Wildman–Crippen LogP) is 6.38. The average molecular weight is 417 g/mol. The van der Waals surface area contributed by atoms with Crippen molar-refractivity contribution in [2.24, 2.45) is 0 Å². The van der Waals surface area contributed by atoms with Crippen molar-refractivity contribution in [3.8, 4) is 11.5 Å². The molecule has 0 atom stereocenters. The standard InChI is InChI=1S/C24H32O4S/c1-22(2,3)18-13-17(14-19(20(18)25)23(4,5)6)29-16-11-9-15(10-12-16)28-24(7,8)21(26)27/h9-14,25H,1-8H3,(H,26,27). The van der Waals surface area contributed by atoms with Crippen LogP contribution in [0.5, 0.6) is 11.5 Å². The van der Waals surface area contributed by atoms with Gasteiger partial charge in [0, 0.05) is 20.9 Å². The van der Waals surface area contributed by atoms with Crippen LogP contribution in [0.1, 0.15) is 66.5 Å². The Bertz CT molecular complexity index is 850. The smallest absolute Gasteiger partial charge is 0.347 e. The first-order chi connectivity index (χ1) is 13.1. The molecule has 0 saturated carbocycles. The molecule has 0 aliphatic heterocycles. The van der Waals surface area contributed by atoms with Gasteiger partial charge >= 0.3 is 5.97 Å². The molecule has 0 aliphatic rings. The van der Waals surface area contributed by atoms with Crippen molar-refractivity contribution in [1.82, 2.24) is 0 Å². The fourth-order valence-corrected chi connectivity index (χ4v) is 3.76. The van der Waals surface area contributed by atoms with Crippen LogP contribution in [0.3, 0.4) is 0 Å². The fraction of sp³-hybridized carbons (Fsp3) is 0.458. The van der Waals surface area contributed by atoms with Crippen LogP contribution < -0.4 is 4.74 Å². The lowest BCUT2D eigenvalue weighted by Crippen LogP contribution is -2.37. The molecule has 158 valence electrons. The topological polar surface area (TPSA) is 66.8 Å². The number of hydrogen-bond donors (Lipinski definition) is 2. The fourth-order valence-electron chi connectivity index (χ4n) is 2.86. The van der Waals surface area contributed by atoms with Gasteiger partial charge in [0.1, 0.15) is 11.5 Å². The molecule has 2 rings (SSSR count). The van der Waals surface area contributed by atoms with Crippen LogP contribution in [0, 0.1) is 0 Å². The lowest BCUT2D eigenvalue weighted by molar-refractivity contribution is -0.152. The number of carboxylic acids is 1. The van der Waals surface area contributed by atoms with Crippen molar-refractivity contribution in [3.05, 3.63) is 47.5 Å². The highest BCUT2D eigenvalue weighted by Gasteiger charge is 2.29. The van der Waals surface area contributed by atoms with Crippen LogP contribution in [0.25, 0.3) is 0 Å². The molecule has 5 heteroatoms. The maximum absolute atomic E-state index is 11.2. The van der Waals surface area contributed by atoms with Gasteiger partial charge < -0.3 is 14.9 Å². The van der Waals surface area contributed by atoms with Gasteiger partial charge in [0.2, 0.25) is 0 Å². The third-order valence-corrected chi connectivity index (χ3v) is 5.63. The summed E-state index contributed by atoms with van der Waals surface area (Å²) in [6.45, 7) is 15.6. The van der Waals surface area contributed by atoms with E-state index in [2.05, 4.69) is 41.5 Å². The lowest BCUT2D eigenvalue weighted by atomic mass is 9.79. The van der Waals surface area contributed by atoms with Gasteiger partial charge in [-0.3, -0.25) is 0 Å². The van der Waals surface area contributed by atoms with Gasteiger partial charge in [-0.1, -0.05) is 53.3 Å². The van der Waals surface area contributed by atoms with E-state index in [0.717, 1.165) is 20.9 Å². The summed E-state index contributed by atoms with van der Waals surface area (Å²) in [5, 5.41) is 20.1. The number of carbonyl (C=O) groups is 1. The Morgan fingerprint density at radius 1 is 0.828 bits per heavy atom. The summed E-state index contributed by atoms with van der Waals surface area (Å²) in [7, 11) is 0. The molecule has 2 N–H and O–H groups in total. The molecule has 0 unspecified atom stereocenters. The quantitative estimate of drug-likeness (QED) is 0.592. The van der Waals surface area contributed by atoms with Crippen molar-refractivity contribution in [1.29, 1.82) is 0 Å². The van der Waals surface area contributed by atoms with Crippen LogP contribution >= 0.6 is 11.8 Å². The minimum Gasteiger partial charge on any atom is -0.507 e. The third-order valence-electron chi connectivity index (χ3n) is 4.65. The Morgan fingerprint density at radius 3 is 1.66 bits per heavy atom. The molecular weight excluding hydrogens is 384 g/mol. The van der Waals surface area contributed by atoms with Gasteiger partial charge in [-0.2, -0.15) is 0 Å². The number of phenolic OH excluding ortho intramolecular Hbond substituents is 1. The molecule has 0 spiro atoms. The second-order valence-electron chi connectivity index (χ2n) is 9.86. The Kier molecular flexibility index (Phi) is 6.34. The van der Waals surface area contributed by atoms with Crippen LogP contribution in [0.4, 0.5) is 0 Å². The minimum absolute atomic E-state index is 0.180. The summed E-state index contributed by atoms with van der Waals surface area (Å²) in [4.78, 5) is 13.3. The summed E-state index contributed by atoms with van der Waals surface area (Å²) < 4.78 is 5.57. The van der Waals surface area contributed by atoms with Crippen LogP contribution in [0.2, 0.25) is 0 Å². The molecule has 0 radical (unpaired) electrons. The van der Waals surface area contributed by atoms with Crippen molar-refractivity contribution in [3.63, 3.8) is 0 Å². The van der Waals surface area contributed by atoms with Gasteiger partial charge in [0.05, 0.1) is 0 Å². The van der Waals surface area contributed by atoms with Gasteiger partial charge in [0.25, 0.3) is 0 Å². The molecule has 2 aromatic rings. The summed E-state index contributed by atoms with van der Waals surface area (Å²) in [6, 6.07) is 11.5. The molecule has 2 aromatic carbocycles. The van der Waals surface area contributed by atoms with Crippen molar-refractivity contribution in [2.75, 3.05) is 0 Å². The Hall–Kier alpha value is -2.14. The molecule has 0 aliphatic carbocycles. The van der Waals surface area contributed by atoms with E-state index in [1.807, 2.05) is 24.3 Å². The largest absolute Gasteiger partial charge is 0.507 e. The Morgan fingerprint density at radius 2 is 1.28 bits per heavy atom. The molecular formula is C24H32O4S. The third kappa shape index (κ3) is 5.69.